The van der Waals surface area contributed by atoms with Crippen LogP contribution < -0.4 is 5.32 Å². The van der Waals surface area contributed by atoms with Gasteiger partial charge >= 0.3 is 0 Å². The van der Waals surface area contributed by atoms with E-state index in [2.05, 4.69) is 31.1 Å². The first-order chi connectivity index (χ1) is 9.18. The molecule has 1 aliphatic carbocycles. The van der Waals surface area contributed by atoms with Gasteiger partial charge in [-0.1, -0.05) is 19.8 Å². The quantitative estimate of drug-likeness (QED) is 0.801. The first kappa shape index (κ1) is 15.3. The van der Waals surface area contributed by atoms with E-state index in [-0.39, 0.29) is 0 Å². The van der Waals surface area contributed by atoms with E-state index in [1.54, 1.807) is 0 Å². The van der Waals surface area contributed by atoms with Crippen LogP contribution in [0.15, 0.2) is 0 Å². The highest BCUT2D eigenvalue weighted by Gasteiger charge is 2.27. The fourth-order valence-electron chi connectivity index (χ4n) is 3.63. The molecule has 2 fully saturated rings. The first-order valence-electron chi connectivity index (χ1n) is 8.22. The Morgan fingerprint density at radius 3 is 2.68 bits per heavy atom. The summed E-state index contributed by atoms with van der Waals surface area (Å²) in [7, 11) is 2.31. The van der Waals surface area contributed by atoms with E-state index in [0.29, 0.717) is 12.1 Å². The smallest absolute Gasteiger partial charge is 0.0700 e. The lowest BCUT2D eigenvalue weighted by molar-refractivity contribution is 0.0914. The standard InChI is InChI=1S/C16H32N2O/c1-13-7-4-5-9-16(13)18(3)14(2)11-17-12-15-8-6-10-19-15/h13-17H,4-12H2,1-3H3. The monoisotopic (exact) mass is 268 g/mol. The fraction of sp³-hybridized carbons (Fsp3) is 1.00. The van der Waals surface area contributed by atoms with E-state index < -0.39 is 0 Å². The summed E-state index contributed by atoms with van der Waals surface area (Å²) in [5.41, 5.74) is 0. The van der Waals surface area contributed by atoms with Gasteiger partial charge in [-0.25, -0.2) is 0 Å². The van der Waals surface area contributed by atoms with Gasteiger partial charge in [0.2, 0.25) is 0 Å². The molecule has 2 aliphatic rings. The summed E-state index contributed by atoms with van der Waals surface area (Å²) in [4.78, 5) is 2.60. The third-order valence-electron chi connectivity index (χ3n) is 5.12. The average Bonchev–Trinajstić information content (AvgIpc) is 2.91. The first-order valence-corrected chi connectivity index (χ1v) is 8.22. The second-order valence-corrected chi connectivity index (χ2v) is 6.64. The lowest BCUT2D eigenvalue weighted by Gasteiger charge is -2.39. The van der Waals surface area contributed by atoms with Crippen molar-refractivity contribution < 1.29 is 4.74 Å². The maximum absolute atomic E-state index is 5.65. The minimum Gasteiger partial charge on any atom is -0.377 e. The maximum Gasteiger partial charge on any atom is 0.0700 e. The lowest BCUT2D eigenvalue weighted by Crippen LogP contribution is -2.48. The van der Waals surface area contributed by atoms with Gasteiger partial charge < -0.3 is 10.1 Å². The molecule has 1 saturated carbocycles. The van der Waals surface area contributed by atoms with E-state index in [1.807, 2.05) is 0 Å². The third kappa shape index (κ3) is 4.44. The highest BCUT2D eigenvalue weighted by molar-refractivity contribution is 4.83. The molecule has 112 valence electrons. The summed E-state index contributed by atoms with van der Waals surface area (Å²) >= 11 is 0. The van der Waals surface area contributed by atoms with Crippen LogP contribution >= 0.6 is 0 Å². The van der Waals surface area contributed by atoms with E-state index in [1.165, 1.54) is 38.5 Å². The number of rotatable bonds is 6. The summed E-state index contributed by atoms with van der Waals surface area (Å²) < 4.78 is 5.65. The molecule has 3 heteroatoms. The lowest BCUT2D eigenvalue weighted by atomic mass is 9.84. The van der Waals surface area contributed by atoms with Gasteiger partial charge in [0, 0.05) is 31.8 Å². The Balaban J connectivity index is 1.67. The topological polar surface area (TPSA) is 24.5 Å². The van der Waals surface area contributed by atoms with Crippen molar-refractivity contribution in [3.63, 3.8) is 0 Å². The molecule has 0 bridgehead atoms. The van der Waals surface area contributed by atoms with Crippen molar-refractivity contribution in [3.05, 3.63) is 0 Å². The number of ether oxygens (including phenoxy) is 1. The SMILES string of the molecule is CC1CCCCC1N(C)C(C)CNCC1CCCO1. The molecule has 0 aromatic carbocycles. The highest BCUT2D eigenvalue weighted by atomic mass is 16.5. The van der Waals surface area contributed by atoms with Crippen LogP contribution in [-0.2, 0) is 4.74 Å². The minimum absolute atomic E-state index is 0.464. The predicted molar refractivity (Wildman–Crippen MR) is 80.5 cm³/mol. The molecular formula is C16H32N2O. The van der Waals surface area contributed by atoms with E-state index in [9.17, 15) is 0 Å². The van der Waals surface area contributed by atoms with Crippen molar-refractivity contribution >= 4 is 0 Å². The molecule has 4 unspecified atom stereocenters. The maximum atomic E-state index is 5.65. The Morgan fingerprint density at radius 2 is 2.00 bits per heavy atom. The van der Waals surface area contributed by atoms with Crippen LogP contribution in [0.2, 0.25) is 0 Å². The number of likely N-dealkylation sites (N-methyl/N-ethyl adjacent to an activating group) is 1. The minimum atomic E-state index is 0.464. The number of nitrogens with one attached hydrogen (secondary N) is 1. The van der Waals surface area contributed by atoms with Crippen LogP contribution in [0.4, 0.5) is 0 Å². The van der Waals surface area contributed by atoms with E-state index >= 15 is 0 Å². The molecular weight excluding hydrogens is 236 g/mol. The Labute approximate surface area is 119 Å². The second kappa shape index (κ2) is 7.61. The Morgan fingerprint density at radius 1 is 1.21 bits per heavy atom. The van der Waals surface area contributed by atoms with Crippen molar-refractivity contribution in [1.82, 2.24) is 10.2 Å². The molecule has 0 radical (unpaired) electrons. The van der Waals surface area contributed by atoms with Gasteiger partial charge in [-0.05, 0) is 45.6 Å². The van der Waals surface area contributed by atoms with Gasteiger partial charge in [-0.15, -0.1) is 0 Å². The summed E-state index contributed by atoms with van der Waals surface area (Å²) in [6.07, 6.45) is 8.56. The summed E-state index contributed by atoms with van der Waals surface area (Å²) in [6.45, 7) is 7.84. The van der Waals surface area contributed by atoms with Gasteiger partial charge in [0.15, 0.2) is 0 Å². The molecule has 0 aromatic heterocycles. The van der Waals surface area contributed by atoms with Gasteiger partial charge in [-0.2, -0.15) is 0 Å². The zero-order chi connectivity index (χ0) is 13.7. The van der Waals surface area contributed by atoms with Crippen LogP contribution in [0.5, 0.6) is 0 Å². The highest BCUT2D eigenvalue weighted by Crippen LogP contribution is 2.28. The van der Waals surface area contributed by atoms with Gasteiger partial charge in [0.05, 0.1) is 6.10 Å². The van der Waals surface area contributed by atoms with E-state index in [4.69, 9.17) is 4.74 Å². The molecule has 1 aliphatic heterocycles. The average molecular weight is 268 g/mol. The van der Waals surface area contributed by atoms with Crippen LogP contribution in [0.25, 0.3) is 0 Å². The molecule has 1 N–H and O–H groups in total. The van der Waals surface area contributed by atoms with Crippen molar-refractivity contribution in [1.29, 1.82) is 0 Å². The van der Waals surface area contributed by atoms with E-state index in [0.717, 1.165) is 31.7 Å². The zero-order valence-corrected chi connectivity index (χ0v) is 13.0. The zero-order valence-electron chi connectivity index (χ0n) is 13.0. The molecule has 3 nitrogen and oxygen atoms in total. The third-order valence-corrected chi connectivity index (χ3v) is 5.12. The van der Waals surface area contributed by atoms with Gasteiger partial charge in [0.1, 0.15) is 0 Å². The summed E-state index contributed by atoms with van der Waals surface area (Å²) in [6, 6.07) is 1.40. The second-order valence-electron chi connectivity index (χ2n) is 6.64. The summed E-state index contributed by atoms with van der Waals surface area (Å²) in [5.74, 6) is 0.861. The molecule has 2 rings (SSSR count). The molecule has 4 atom stereocenters. The van der Waals surface area contributed by atoms with Crippen molar-refractivity contribution in [3.8, 4) is 0 Å². The number of nitrogens with zero attached hydrogens (tertiary/aromatic N) is 1. The van der Waals surface area contributed by atoms with Crippen molar-refractivity contribution in [2.75, 3.05) is 26.7 Å². The Kier molecular flexibility index (Phi) is 6.11. The van der Waals surface area contributed by atoms with Crippen LogP contribution in [0, 0.1) is 5.92 Å². The molecule has 0 aromatic rings. The van der Waals surface area contributed by atoms with Crippen LogP contribution in [0.3, 0.4) is 0 Å². The van der Waals surface area contributed by atoms with Gasteiger partial charge in [0.25, 0.3) is 0 Å². The Hall–Kier alpha value is -0.120. The Bertz CT molecular complexity index is 253. The predicted octanol–water partition coefficient (Wildman–Crippen LogP) is 2.65. The van der Waals surface area contributed by atoms with Gasteiger partial charge in [-0.3, -0.25) is 4.90 Å². The largest absolute Gasteiger partial charge is 0.377 e. The summed E-state index contributed by atoms with van der Waals surface area (Å²) in [5, 5.41) is 3.60. The fourth-order valence-corrected chi connectivity index (χ4v) is 3.63. The number of hydrogen-bond donors (Lipinski definition) is 1. The molecule has 1 heterocycles. The molecule has 0 amide bonds. The van der Waals surface area contributed by atoms with Crippen molar-refractivity contribution in [2.45, 2.75) is 70.6 Å². The van der Waals surface area contributed by atoms with Crippen molar-refractivity contribution in [2.24, 2.45) is 5.92 Å². The molecule has 0 spiro atoms. The van der Waals surface area contributed by atoms with Crippen LogP contribution in [0.1, 0.15) is 52.4 Å². The molecule has 1 saturated heterocycles. The normalized spacial score (nSPS) is 33.8. The molecule has 19 heavy (non-hydrogen) atoms. The number of hydrogen-bond acceptors (Lipinski definition) is 3. The van der Waals surface area contributed by atoms with Crippen LogP contribution in [-0.4, -0.2) is 49.8 Å².